The fourth-order valence-corrected chi connectivity index (χ4v) is 3.14. The maximum absolute atomic E-state index is 14.3. The number of benzene rings is 1. The lowest BCUT2D eigenvalue weighted by Gasteiger charge is -2.43. The topological polar surface area (TPSA) is 35.5 Å². The maximum Gasteiger partial charge on any atom is 0.142 e. The summed E-state index contributed by atoms with van der Waals surface area (Å²) in [6, 6.07) is 1.65. The first kappa shape index (κ1) is 16.6. The predicted octanol–water partition coefficient (Wildman–Crippen LogP) is 2.58. The quantitative estimate of drug-likeness (QED) is 0.838. The maximum atomic E-state index is 14.3. The van der Waals surface area contributed by atoms with Gasteiger partial charge in [0.25, 0.3) is 0 Å². The molecule has 0 spiro atoms. The highest BCUT2D eigenvalue weighted by molar-refractivity contribution is 6.31. The Balaban J connectivity index is 2.52. The van der Waals surface area contributed by atoms with Gasteiger partial charge in [0.2, 0.25) is 0 Å². The van der Waals surface area contributed by atoms with Gasteiger partial charge >= 0.3 is 0 Å². The standard InChI is InChI=1S/C15H21ClF2N2O/c1-15(2,9-21)14(20-7-5-19-6-8-20)12-10(17)3-4-11(18)13(12)16/h3-4,14,19,21H,5-9H2,1-2H3/t14-/m1/s1. The average Bonchev–Trinajstić information content (AvgIpc) is 2.48. The van der Waals surface area contributed by atoms with Gasteiger partial charge in [-0.3, -0.25) is 4.90 Å². The van der Waals surface area contributed by atoms with Crippen LogP contribution in [0.5, 0.6) is 0 Å². The number of nitrogens with zero attached hydrogens (tertiary/aromatic N) is 1. The molecule has 1 atom stereocenters. The molecule has 0 radical (unpaired) electrons. The van der Waals surface area contributed by atoms with Crippen molar-refractivity contribution in [1.29, 1.82) is 0 Å². The normalized spacial score (nSPS) is 18.8. The zero-order valence-corrected chi connectivity index (χ0v) is 13.1. The fraction of sp³-hybridized carbons (Fsp3) is 0.600. The molecule has 0 amide bonds. The third-order valence-corrected chi connectivity index (χ3v) is 4.40. The third kappa shape index (κ3) is 3.37. The summed E-state index contributed by atoms with van der Waals surface area (Å²) in [6.45, 7) is 6.45. The minimum atomic E-state index is -0.643. The number of piperazine rings is 1. The van der Waals surface area contributed by atoms with Crippen LogP contribution in [0.25, 0.3) is 0 Å². The second-order valence-corrected chi connectivity index (χ2v) is 6.47. The van der Waals surface area contributed by atoms with E-state index in [0.29, 0.717) is 13.1 Å². The monoisotopic (exact) mass is 318 g/mol. The molecule has 6 heteroatoms. The van der Waals surface area contributed by atoms with Crippen LogP contribution >= 0.6 is 11.6 Å². The van der Waals surface area contributed by atoms with Crippen molar-refractivity contribution in [2.24, 2.45) is 5.41 Å². The lowest BCUT2D eigenvalue weighted by atomic mass is 9.79. The summed E-state index contributed by atoms with van der Waals surface area (Å²) in [5.41, 5.74) is -0.507. The van der Waals surface area contributed by atoms with E-state index >= 15 is 0 Å². The van der Waals surface area contributed by atoms with Crippen LogP contribution in [0.15, 0.2) is 12.1 Å². The van der Waals surface area contributed by atoms with Gasteiger partial charge in [0, 0.05) is 49.8 Å². The van der Waals surface area contributed by atoms with Crippen LogP contribution in [-0.2, 0) is 0 Å². The zero-order chi connectivity index (χ0) is 15.6. The molecule has 0 bridgehead atoms. The molecule has 1 fully saturated rings. The Labute approximate surface area is 128 Å². The minimum Gasteiger partial charge on any atom is -0.396 e. The number of hydrogen-bond donors (Lipinski definition) is 2. The van der Waals surface area contributed by atoms with Crippen LogP contribution in [0, 0.1) is 17.0 Å². The van der Waals surface area contributed by atoms with Crippen LogP contribution in [0.4, 0.5) is 8.78 Å². The largest absolute Gasteiger partial charge is 0.396 e. The molecule has 0 unspecified atom stereocenters. The molecule has 1 aromatic rings. The molecule has 1 saturated heterocycles. The third-order valence-electron chi connectivity index (χ3n) is 4.02. The Hall–Kier alpha value is -0.750. The highest BCUT2D eigenvalue weighted by Crippen LogP contribution is 2.42. The molecule has 1 aliphatic rings. The molecule has 1 aromatic carbocycles. The van der Waals surface area contributed by atoms with Crippen molar-refractivity contribution in [2.75, 3.05) is 32.8 Å². The first-order chi connectivity index (χ1) is 9.88. The Morgan fingerprint density at radius 2 is 1.86 bits per heavy atom. The molecule has 2 rings (SSSR count). The van der Waals surface area contributed by atoms with Gasteiger partial charge in [0.15, 0.2) is 0 Å². The SMILES string of the molecule is CC(C)(CO)[C@@H](c1c(F)ccc(F)c1Cl)N1CCNCC1. The second-order valence-electron chi connectivity index (χ2n) is 6.09. The first-order valence-corrected chi connectivity index (χ1v) is 7.45. The predicted molar refractivity (Wildman–Crippen MR) is 79.4 cm³/mol. The van der Waals surface area contributed by atoms with Gasteiger partial charge in [-0.25, -0.2) is 8.78 Å². The van der Waals surface area contributed by atoms with Crippen molar-refractivity contribution in [3.05, 3.63) is 34.4 Å². The van der Waals surface area contributed by atoms with Gasteiger partial charge in [-0.05, 0) is 12.1 Å². The van der Waals surface area contributed by atoms with E-state index in [0.717, 1.165) is 25.2 Å². The number of nitrogens with one attached hydrogen (secondary N) is 1. The number of halogens is 3. The van der Waals surface area contributed by atoms with Gasteiger partial charge in [-0.1, -0.05) is 25.4 Å². The smallest absolute Gasteiger partial charge is 0.142 e. The summed E-state index contributed by atoms with van der Waals surface area (Å²) < 4.78 is 28.1. The van der Waals surface area contributed by atoms with E-state index in [2.05, 4.69) is 10.2 Å². The molecule has 1 heterocycles. The molecular weight excluding hydrogens is 298 g/mol. The average molecular weight is 319 g/mol. The van der Waals surface area contributed by atoms with E-state index in [9.17, 15) is 13.9 Å². The van der Waals surface area contributed by atoms with E-state index in [1.807, 2.05) is 13.8 Å². The van der Waals surface area contributed by atoms with E-state index in [1.165, 1.54) is 0 Å². The van der Waals surface area contributed by atoms with Gasteiger partial charge in [-0.2, -0.15) is 0 Å². The Kier molecular flexibility index (Phi) is 5.20. The number of aliphatic hydroxyl groups is 1. The molecule has 0 saturated carbocycles. The highest BCUT2D eigenvalue weighted by Gasteiger charge is 2.39. The molecule has 1 aliphatic heterocycles. The van der Waals surface area contributed by atoms with Crippen LogP contribution in [0.2, 0.25) is 5.02 Å². The molecule has 21 heavy (non-hydrogen) atoms. The Morgan fingerprint density at radius 3 is 2.43 bits per heavy atom. The fourth-order valence-electron chi connectivity index (χ4n) is 2.89. The summed E-state index contributed by atoms with van der Waals surface area (Å²) in [4.78, 5) is 2.05. The van der Waals surface area contributed by atoms with Gasteiger partial charge in [0.1, 0.15) is 11.6 Å². The molecule has 0 aliphatic carbocycles. The molecule has 2 N–H and O–H groups in total. The molecule has 118 valence electrons. The van der Waals surface area contributed by atoms with Crippen molar-refractivity contribution in [1.82, 2.24) is 10.2 Å². The van der Waals surface area contributed by atoms with E-state index < -0.39 is 23.1 Å². The highest BCUT2D eigenvalue weighted by atomic mass is 35.5. The van der Waals surface area contributed by atoms with E-state index in [4.69, 9.17) is 11.6 Å². The van der Waals surface area contributed by atoms with Crippen LogP contribution in [0.1, 0.15) is 25.5 Å². The summed E-state index contributed by atoms with van der Waals surface area (Å²) in [7, 11) is 0. The summed E-state index contributed by atoms with van der Waals surface area (Å²) in [6.07, 6.45) is 0. The van der Waals surface area contributed by atoms with Crippen molar-refractivity contribution in [2.45, 2.75) is 19.9 Å². The minimum absolute atomic E-state index is 0.137. The van der Waals surface area contributed by atoms with Crippen molar-refractivity contribution in [3.63, 3.8) is 0 Å². The summed E-state index contributed by atoms with van der Waals surface area (Å²) in [5, 5.41) is 12.7. The van der Waals surface area contributed by atoms with Crippen molar-refractivity contribution >= 4 is 11.6 Å². The number of hydrogen-bond acceptors (Lipinski definition) is 3. The van der Waals surface area contributed by atoms with Crippen molar-refractivity contribution in [3.8, 4) is 0 Å². The second kappa shape index (κ2) is 6.57. The first-order valence-electron chi connectivity index (χ1n) is 7.07. The summed E-state index contributed by atoms with van der Waals surface area (Å²) in [5.74, 6) is -1.17. The number of aliphatic hydroxyl groups excluding tert-OH is 1. The van der Waals surface area contributed by atoms with Gasteiger partial charge in [0.05, 0.1) is 5.02 Å². The van der Waals surface area contributed by atoms with Crippen molar-refractivity contribution < 1.29 is 13.9 Å². The van der Waals surface area contributed by atoms with Gasteiger partial charge in [-0.15, -0.1) is 0 Å². The van der Waals surface area contributed by atoms with E-state index in [-0.39, 0.29) is 17.2 Å². The van der Waals surface area contributed by atoms with E-state index in [1.54, 1.807) is 0 Å². The van der Waals surface area contributed by atoms with Crippen LogP contribution in [-0.4, -0.2) is 42.8 Å². The molecule has 0 aromatic heterocycles. The lowest BCUT2D eigenvalue weighted by molar-refractivity contribution is 0.0285. The Morgan fingerprint density at radius 1 is 1.29 bits per heavy atom. The Bertz CT molecular complexity index is 505. The molecule has 3 nitrogen and oxygen atoms in total. The van der Waals surface area contributed by atoms with Crippen LogP contribution in [0.3, 0.4) is 0 Å². The number of rotatable bonds is 4. The summed E-state index contributed by atoms with van der Waals surface area (Å²) >= 11 is 6.04. The van der Waals surface area contributed by atoms with Gasteiger partial charge < -0.3 is 10.4 Å². The molecular formula is C15H21ClF2N2O. The lowest BCUT2D eigenvalue weighted by Crippen LogP contribution is -2.50. The van der Waals surface area contributed by atoms with Crippen LogP contribution < -0.4 is 5.32 Å². The zero-order valence-electron chi connectivity index (χ0n) is 12.3.